The Morgan fingerprint density at radius 2 is 1.51 bits per heavy atom. The first kappa shape index (κ1) is 27.2. The topological polar surface area (TPSA) is 49.4 Å². The molecule has 0 bridgehead atoms. The van der Waals surface area contributed by atoms with Crippen LogP contribution >= 0.6 is 23.2 Å². The summed E-state index contributed by atoms with van der Waals surface area (Å²) in [4.78, 5) is 29.4. The Labute approximate surface area is 230 Å². The van der Waals surface area contributed by atoms with Crippen molar-refractivity contribution in [1.82, 2.24) is 10.2 Å². The minimum absolute atomic E-state index is 0.129. The SMILES string of the molecule is Cc1ccc(CC(=O)N(Cc2c(Cl)cccc2Cl)C(Cc2ccccc2)C(=O)NC2CCCCC2)cc1. The summed E-state index contributed by atoms with van der Waals surface area (Å²) >= 11 is 13.1. The number of halogens is 2. The molecule has 0 radical (unpaired) electrons. The van der Waals surface area contributed by atoms with Crippen LogP contribution in [-0.2, 0) is 29.0 Å². The number of nitrogens with zero attached hydrogens (tertiary/aromatic N) is 1. The molecule has 6 heteroatoms. The van der Waals surface area contributed by atoms with Gasteiger partial charge in [0.25, 0.3) is 0 Å². The Morgan fingerprint density at radius 3 is 2.16 bits per heavy atom. The van der Waals surface area contributed by atoms with Crippen LogP contribution in [0.3, 0.4) is 0 Å². The number of rotatable bonds is 9. The van der Waals surface area contributed by atoms with Gasteiger partial charge in [-0.25, -0.2) is 0 Å². The van der Waals surface area contributed by atoms with Crippen molar-refractivity contribution < 1.29 is 9.59 Å². The number of benzene rings is 3. The van der Waals surface area contributed by atoms with Crippen molar-refractivity contribution in [2.24, 2.45) is 0 Å². The monoisotopic (exact) mass is 536 g/mol. The molecular weight excluding hydrogens is 503 g/mol. The Morgan fingerprint density at radius 1 is 0.865 bits per heavy atom. The van der Waals surface area contributed by atoms with Crippen molar-refractivity contribution >= 4 is 35.0 Å². The van der Waals surface area contributed by atoms with Crippen molar-refractivity contribution in [3.05, 3.63) is 105 Å². The van der Waals surface area contributed by atoms with Crippen LogP contribution in [0.5, 0.6) is 0 Å². The Kier molecular flexibility index (Phi) is 9.65. The quantitative estimate of drug-likeness (QED) is 0.322. The van der Waals surface area contributed by atoms with Crippen LogP contribution in [0.2, 0.25) is 10.0 Å². The Balaban J connectivity index is 1.68. The number of aryl methyl sites for hydroxylation is 1. The van der Waals surface area contributed by atoms with E-state index in [4.69, 9.17) is 23.2 Å². The second-order valence-corrected chi connectivity index (χ2v) is 10.7. The smallest absolute Gasteiger partial charge is 0.243 e. The largest absolute Gasteiger partial charge is 0.352 e. The summed E-state index contributed by atoms with van der Waals surface area (Å²) in [6.07, 6.45) is 5.95. The fourth-order valence-electron chi connectivity index (χ4n) is 4.93. The van der Waals surface area contributed by atoms with Gasteiger partial charge >= 0.3 is 0 Å². The molecule has 0 aromatic heterocycles. The highest BCUT2D eigenvalue weighted by Crippen LogP contribution is 2.28. The molecule has 0 aliphatic heterocycles. The van der Waals surface area contributed by atoms with Crippen LogP contribution in [0.25, 0.3) is 0 Å². The van der Waals surface area contributed by atoms with Crippen molar-refractivity contribution in [3.8, 4) is 0 Å². The van der Waals surface area contributed by atoms with E-state index in [0.717, 1.165) is 42.4 Å². The van der Waals surface area contributed by atoms with Crippen LogP contribution in [0.15, 0.2) is 72.8 Å². The molecule has 0 saturated heterocycles. The number of hydrogen-bond donors (Lipinski definition) is 1. The van der Waals surface area contributed by atoms with E-state index in [1.54, 1.807) is 23.1 Å². The third-order valence-electron chi connectivity index (χ3n) is 7.09. The summed E-state index contributed by atoms with van der Waals surface area (Å²) in [7, 11) is 0. The van der Waals surface area contributed by atoms with Gasteiger partial charge in [0, 0.05) is 34.6 Å². The van der Waals surface area contributed by atoms with Gasteiger partial charge in [-0.1, -0.05) is 109 Å². The van der Waals surface area contributed by atoms with Gasteiger partial charge in [-0.2, -0.15) is 0 Å². The van der Waals surface area contributed by atoms with Gasteiger partial charge in [0.2, 0.25) is 11.8 Å². The molecule has 1 fully saturated rings. The zero-order valence-corrected chi connectivity index (χ0v) is 22.8. The highest BCUT2D eigenvalue weighted by molar-refractivity contribution is 6.36. The lowest BCUT2D eigenvalue weighted by Crippen LogP contribution is -2.53. The van der Waals surface area contributed by atoms with Gasteiger partial charge in [-0.15, -0.1) is 0 Å². The molecule has 0 heterocycles. The van der Waals surface area contributed by atoms with Gasteiger partial charge in [-0.05, 0) is 43.0 Å². The number of nitrogens with one attached hydrogen (secondary N) is 1. The van der Waals surface area contributed by atoms with Crippen molar-refractivity contribution in [1.29, 1.82) is 0 Å². The maximum absolute atomic E-state index is 13.9. The average Bonchev–Trinajstić information content (AvgIpc) is 2.90. The van der Waals surface area contributed by atoms with Crippen LogP contribution in [0.4, 0.5) is 0 Å². The van der Waals surface area contributed by atoms with Crippen LogP contribution < -0.4 is 5.32 Å². The first-order valence-electron chi connectivity index (χ1n) is 13.0. The molecule has 3 aromatic carbocycles. The molecule has 4 rings (SSSR count). The normalized spacial score (nSPS) is 14.7. The second-order valence-electron chi connectivity index (χ2n) is 9.93. The van der Waals surface area contributed by atoms with Crippen LogP contribution in [0, 0.1) is 6.92 Å². The summed E-state index contributed by atoms with van der Waals surface area (Å²) in [5.74, 6) is -0.268. The molecule has 1 saturated carbocycles. The standard InChI is InChI=1S/C31H34Cl2N2O2/c1-22-15-17-24(18-16-22)20-30(36)35(21-26-27(32)13-8-14-28(26)33)29(19-23-9-4-2-5-10-23)31(37)34-25-11-6-3-7-12-25/h2,4-5,8-10,13-18,25,29H,3,6-7,11-12,19-21H2,1H3,(H,34,37). The lowest BCUT2D eigenvalue weighted by atomic mass is 9.94. The molecule has 1 unspecified atom stereocenters. The third kappa shape index (κ3) is 7.59. The molecule has 1 aliphatic carbocycles. The zero-order chi connectivity index (χ0) is 26.2. The summed E-state index contributed by atoms with van der Waals surface area (Å²) in [6.45, 7) is 2.17. The van der Waals surface area contributed by atoms with E-state index < -0.39 is 6.04 Å². The highest BCUT2D eigenvalue weighted by atomic mass is 35.5. The minimum Gasteiger partial charge on any atom is -0.352 e. The van der Waals surface area contributed by atoms with Crippen molar-refractivity contribution in [2.45, 2.75) is 70.5 Å². The highest BCUT2D eigenvalue weighted by Gasteiger charge is 2.32. The lowest BCUT2D eigenvalue weighted by Gasteiger charge is -2.34. The van der Waals surface area contributed by atoms with Crippen LogP contribution in [-0.4, -0.2) is 28.8 Å². The van der Waals surface area contributed by atoms with Gasteiger partial charge in [-0.3, -0.25) is 9.59 Å². The van der Waals surface area contributed by atoms with Gasteiger partial charge < -0.3 is 10.2 Å². The molecule has 3 aromatic rings. The van der Waals surface area contributed by atoms with Gasteiger partial charge in [0.1, 0.15) is 6.04 Å². The first-order chi connectivity index (χ1) is 17.9. The van der Waals surface area contributed by atoms with E-state index in [-0.39, 0.29) is 30.8 Å². The molecule has 2 amide bonds. The molecule has 37 heavy (non-hydrogen) atoms. The second kappa shape index (κ2) is 13.1. The predicted octanol–water partition coefficient (Wildman–Crippen LogP) is 6.93. The van der Waals surface area contributed by atoms with E-state index in [1.165, 1.54) is 6.42 Å². The third-order valence-corrected chi connectivity index (χ3v) is 7.80. The molecule has 1 N–H and O–H groups in total. The number of carbonyl (C=O) groups is 2. The number of hydrogen-bond acceptors (Lipinski definition) is 2. The van der Waals surface area contributed by atoms with E-state index in [1.807, 2.05) is 61.5 Å². The van der Waals surface area contributed by atoms with E-state index >= 15 is 0 Å². The molecule has 1 atom stereocenters. The summed E-state index contributed by atoms with van der Waals surface area (Å²) in [5.41, 5.74) is 3.66. The molecule has 194 valence electrons. The van der Waals surface area contributed by atoms with Crippen molar-refractivity contribution in [3.63, 3.8) is 0 Å². The number of amides is 2. The summed E-state index contributed by atoms with van der Waals surface area (Å²) in [5, 5.41) is 4.22. The number of carbonyl (C=O) groups excluding carboxylic acids is 2. The molecule has 1 aliphatic rings. The molecular formula is C31H34Cl2N2O2. The molecule has 0 spiro atoms. The Hall–Kier alpha value is -2.82. The van der Waals surface area contributed by atoms with Gasteiger partial charge in [0.15, 0.2) is 0 Å². The zero-order valence-electron chi connectivity index (χ0n) is 21.3. The lowest BCUT2D eigenvalue weighted by molar-refractivity contribution is -0.141. The predicted molar refractivity (Wildman–Crippen MR) is 151 cm³/mol. The average molecular weight is 538 g/mol. The van der Waals surface area contributed by atoms with Crippen molar-refractivity contribution in [2.75, 3.05) is 0 Å². The summed E-state index contributed by atoms with van der Waals surface area (Å²) in [6, 6.07) is 22.5. The minimum atomic E-state index is -0.699. The maximum Gasteiger partial charge on any atom is 0.243 e. The van der Waals surface area contributed by atoms with Gasteiger partial charge in [0.05, 0.1) is 6.42 Å². The van der Waals surface area contributed by atoms with E-state index in [2.05, 4.69) is 5.32 Å². The fourth-order valence-corrected chi connectivity index (χ4v) is 5.45. The summed E-state index contributed by atoms with van der Waals surface area (Å²) < 4.78 is 0. The van der Waals surface area contributed by atoms with E-state index in [0.29, 0.717) is 22.0 Å². The fraction of sp³-hybridized carbons (Fsp3) is 0.355. The maximum atomic E-state index is 13.9. The van der Waals surface area contributed by atoms with E-state index in [9.17, 15) is 9.59 Å². The van der Waals surface area contributed by atoms with Crippen LogP contribution in [0.1, 0.15) is 54.4 Å². The first-order valence-corrected chi connectivity index (χ1v) is 13.8. The molecule has 4 nitrogen and oxygen atoms in total. The Bertz CT molecular complexity index is 1170.